The Balaban J connectivity index is 0. The maximum atomic E-state index is 8.74. The highest BCUT2D eigenvalue weighted by Crippen LogP contribution is 1.79. The van der Waals surface area contributed by atoms with E-state index in [1.165, 1.54) is 0 Å². The van der Waals surface area contributed by atoms with E-state index >= 15 is 0 Å². The Kier molecular flexibility index (Phi) is 9.81. The van der Waals surface area contributed by atoms with Crippen LogP contribution in [0.25, 0.3) is 0 Å². The maximum Gasteiger partial charge on any atom is 0.0419 e. The van der Waals surface area contributed by atoms with Gasteiger partial charge in [-0.05, 0) is 0 Å². The first-order valence-electron chi connectivity index (χ1n) is 2.47. The van der Waals surface area contributed by atoms with Crippen LogP contribution in [0.4, 0.5) is 0 Å². The van der Waals surface area contributed by atoms with Gasteiger partial charge in [-0.15, -0.1) is 25.6 Å². The van der Waals surface area contributed by atoms with Crippen LogP contribution in [-0.4, -0.2) is 23.4 Å². The van der Waals surface area contributed by atoms with Gasteiger partial charge in [-0.2, -0.15) is 5.06 Å². The summed E-state index contributed by atoms with van der Waals surface area (Å²) in [6.45, 7) is 7.88. The molecule has 0 atom stereocenters. The Morgan fingerprint density at radius 3 is 1.78 bits per heavy atom. The molecule has 0 amide bonds. The Labute approximate surface area is 61.8 Å². The topological polar surface area (TPSA) is 23.5 Å². The molecule has 54 valence electrons. The lowest BCUT2D eigenvalue weighted by Gasteiger charge is -2.06. The zero-order valence-electron chi connectivity index (χ0n) is 5.29. The second-order valence-electron chi connectivity index (χ2n) is 1.45. The average molecular weight is 150 g/mol. The van der Waals surface area contributed by atoms with Crippen molar-refractivity contribution in [3.63, 3.8) is 0 Å². The highest BCUT2D eigenvalue weighted by atomic mass is 35.5. The van der Waals surface area contributed by atoms with Crippen molar-refractivity contribution in [2.75, 3.05) is 13.1 Å². The Morgan fingerprint density at radius 1 is 1.22 bits per heavy atom. The number of hydrogen-bond acceptors (Lipinski definition) is 2. The fourth-order valence-electron chi connectivity index (χ4n) is 0.373. The van der Waals surface area contributed by atoms with E-state index in [0.29, 0.717) is 13.1 Å². The minimum Gasteiger partial charge on any atom is -0.313 e. The van der Waals surface area contributed by atoms with Gasteiger partial charge < -0.3 is 5.21 Å². The summed E-state index contributed by atoms with van der Waals surface area (Å²) in [5, 5.41) is 9.86. The van der Waals surface area contributed by atoms with Gasteiger partial charge in [-0.3, -0.25) is 0 Å². The number of hydrogen-bond donors (Lipinski definition) is 1. The SMILES string of the molecule is C=CCN(O)CC=C.Cl. The first-order chi connectivity index (χ1) is 3.81. The van der Waals surface area contributed by atoms with Gasteiger partial charge in [0.05, 0.1) is 0 Å². The van der Waals surface area contributed by atoms with Gasteiger partial charge in [0.15, 0.2) is 0 Å². The van der Waals surface area contributed by atoms with E-state index in [9.17, 15) is 0 Å². The van der Waals surface area contributed by atoms with Crippen molar-refractivity contribution in [2.24, 2.45) is 0 Å². The molecule has 0 aromatic heterocycles. The van der Waals surface area contributed by atoms with Crippen LogP contribution in [0.1, 0.15) is 0 Å². The summed E-state index contributed by atoms with van der Waals surface area (Å²) in [4.78, 5) is 0. The van der Waals surface area contributed by atoms with Crippen LogP contribution in [0.5, 0.6) is 0 Å². The number of hydroxylamine groups is 2. The first kappa shape index (κ1) is 11.5. The van der Waals surface area contributed by atoms with Crippen molar-refractivity contribution in [3.8, 4) is 0 Å². The van der Waals surface area contributed by atoms with Crippen LogP contribution < -0.4 is 0 Å². The predicted molar refractivity (Wildman–Crippen MR) is 41.0 cm³/mol. The van der Waals surface area contributed by atoms with E-state index < -0.39 is 0 Å². The molecule has 0 heterocycles. The minimum absolute atomic E-state index is 0. The minimum atomic E-state index is 0. The molecule has 0 aliphatic rings. The standard InChI is InChI=1S/C6H11NO.ClH/c1-3-5-7(8)6-4-2;/h3-4,8H,1-2,5-6H2;1H. The summed E-state index contributed by atoms with van der Waals surface area (Å²) in [6, 6.07) is 0. The zero-order valence-corrected chi connectivity index (χ0v) is 6.10. The fourth-order valence-corrected chi connectivity index (χ4v) is 0.373. The van der Waals surface area contributed by atoms with E-state index in [1.807, 2.05) is 0 Å². The molecule has 0 saturated heterocycles. The molecule has 1 N–H and O–H groups in total. The van der Waals surface area contributed by atoms with Gasteiger partial charge >= 0.3 is 0 Å². The molecule has 2 nitrogen and oxygen atoms in total. The zero-order chi connectivity index (χ0) is 6.41. The molecular weight excluding hydrogens is 138 g/mol. The molecule has 9 heavy (non-hydrogen) atoms. The van der Waals surface area contributed by atoms with E-state index in [4.69, 9.17) is 5.21 Å². The summed E-state index contributed by atoms with van der Waals surface area (Å²) in [5.74, 6) is 0. The van der Waals surface area contributed by atoms with E-state index in [1.54, 1.807) is 12.2 Å². The monoisotopic (exact) mass is 149 g/mol. The first-order valence-corrected chi connectivity index (χ1v) is 2.47. The van der Waals surface area contributed by atoms with Gasteiger partial charge in [-0.1, -0.05) is 12.2 Å². The third-order valence-electron chi connectivity index (χ3n) is 0.680. The Hall–Kier alpha value is -0.310. The number of rotatable bonds is 4. The van der Waals surface area contributed by atoms with Crippen molar-refractivity contribution >= 4 is 12.4 Å². The van der Waals surface area contributed by atoms with Crippen molar-refractivity contribution in [3.05, 3.63) is 25.3 Å². The predicted octanol–water partition coefficient (Wildman–Crippen LogP) is 1.47. The summed E-state index contributed by atoms with van der Waals surface area (Å²) >= 11 is 0. The summed E-state index contributed by atoms with van der Waals surface area (Å²) in [5.41, 5.74) is 0. The quantitative estimate of drug-likeness (QED) is 0.484. The fraction of sp³-hybridized carbons (Fsp3) is 0.333. The molecule has 0 spiro atoms. The van der Waals surface area contributed by atoms with E-state index in [2.05, 4.69) is 13.2 Å². The second kappa shape index (κ2) is 7.69. The molecule has 0 aliphatic carbocycles. The van der Waals surface area contributed by atoms with Crippen LogP contribution in [0.3, 0.4) is 0 Å². The molecule has 0 aliphatic heterocycles. The third-order valence-corrected chi connectivity index (χ3v) is 0.680. The summed E-state index contributed by atoms with van der Waals surface area (Å²) < 4.78 is 0. The van der Waals surface area contributed by atoms with E-state index in [0.717, 1.165) is 5.06 Å². The molecule has 0 fully saturated rings. The van der Waals surface area contributed by atoms with Crippen LogP contribution in [0.2, 0.25) is 0 Å². The summed E-state index contributed by atoms with van der Waals surface area (Å²) in [7, 11) is 0. The van der Waals surface area contributed by atoms with Gasteiger partial charge in [0, 0.05) is 13.1 Å². The van der Waals surface area contributed by atoms with Gasteiger partial charge in [0.2, 0.25) is 0 Å². The van der Waals surface area contributed by atoms with Gasteiger partial charge in [0.25, 0.3) is 0 Å². The van der Waals surface area contributed by atoms with Crippen LogP contribution in [0, 0.1) is 0 Å². The maximum absolute atomic E-state index is 8.74. The van der Waals surface area contributed by atoms with E-state index in [-0.39, 0.29) is 12.4 Å². The normalized spacial score (nSPS) is 8.22. The van der Waals surface area contributed by atoms with Crippen molar-refractivity contribution in [1.82, 2.24) is 5.06 Å². The van der Waals surface area contributed by atoms with Crippen LogP contribution in [-0.2, 0) is 0 Å². The van der Waals surface area contributed by atoms with Crippen molar-refractivity contribution in [2.45, 2.75) is 0 Å². The van der Waals surface area contributed by atoms with Crippen LogP contribution >= 0.6 is 12.4 Å². The number of nitrogens with zero attached hydrogens (tertiary/aromatic N) is 1. The van der Waals surface area contributed by atoms with Crippen molar-refractivity contribution < 1.29 is 5.21 Å². The molecule has 0 rings (SSSR count). The molecular formula is C6H12ClNO. The molecule has 0 aromatic rings. The third kappa shape index (κ3) is 7.69. The molecule has 0 aromatic carbocycles. The van der Waals surface area contributed by atoms with Crippen LogP contribution in [0.15, 0.2) is 25.3 Å². The summed E-state index contributed by atoms with van der Waals surface area (Å²) in [6.07, 6.45) is 3.26. The number of halogens is 1. The molecule has 0 saturated carbocycles. The lowest BCUT2D eigenvalue weighted by atomic mass is 10.5. The average Bonchev–Trinajstić information content (AvgIpc) is 1.68. The largest absolute Gasteiger partial charge is 0.313 e. The van der Waals surface area contributed by atoms with Crippen molar-refractivity contribution in [1.29, 1.82) is 0 Å². The molecule has 0 radical (unpaired) electrons. The highest BCUT2D eigenvalue weighted by molar-refractivity contribution is 5.85. The Bertz CT molecular complexity index is 75.1. The van der Waals surface area contributed by atoms with Gasteiger partial charge in [-0.25, -0.2) is 0 Å². The molecule has 0 bridgehead atoms. The Morgan fingerprint density at radius 2 is 1.56 bits per heavy atom. The second-order valence-corrected chi connectivity index (χ2v) is 1.45. The highest BCUT2D eigenvalue weighted by Gasteiger charge is 1.88. The van der Waals surface area contributed by atoms with Gasteiger partial charge in [0.1, 0.15) is 0 Å². The lowest BCUT2D eigenvalue weighted by Crippen LogP contribution is -2.18. The lowest BCUT2D eigenvalue weighted by molar-refractivity contribution is -0.0691. The smallest absolute Gasteiger partial charge is 0.0419 e. The molecule has 0 unspecified atom stereocenters. The molecule has 3 heteroatoms.